The van der Waals surface area contributed by atoms with Crippen molar-refractivity contribution in [1.29, 1.82) is 0 Å². The van der Waals surface area contributed by atoms with Crippen molar-refractivity contribution in [3.63, 3.8) is 0 Å². The standard InChI is InChI=1S/C14H13N/c1-3-10-5-6-12-7-11(4-2)9-14(15)13(12)8-10/h3-9H,1-2,15H2. The van der Waals surface area contributed by atoms with Crippen LogP contribution in [0.25, 0.3) is 22.9 Å². The molecule has 2 N–H and O–H groups in total. The van der Waals surface area contributed by atoms with Crippen molar-refractivity contribution in [2.75, 3.05) is 5.73 Å². The average molecular weight is 195 g/mol. The highest BCUT2D eigenvalue weighted by atomic mass is 14.5. The van der Waals surface area contributed by atoms with Gasteiger partial charge in [0.15, 0.2) is 0 Å². The lowest BCUT2D eigenvalue weighted by Crippen LogP contribution is -1.88. The van der Waals surface area contributed by atoms with Crippen LogP contribution in [0.4, 0.5) is 5.69 Å². The Kier molecular flexibility index (Phi) is 2.30. The van der Waals surface area contributed by atoms with Gasteiger partial charge in [-0.2, -0.15) is 0 Å². The third kappa shape index (κ3) is 1.64. The van der Waals surface area contributed by atoms with Gasteiger partial charge in [-0.15, -0.1) is 0 Å². The van der Waals surface area contributed by atoms with Crippen LogP contribution < -0.4 is 5.73 Å². The summed E-state index contributed by atoms with van der Waals surface area (Å²) in [4.78, 5) is 0. The molecule has 0 aliphatic heterocycles. The van der Waals surface area contributed by atoms with Gasteiger partial charge in [-0.3, -0.25) is 0 Å². The van der Waals surface area contributed by atoms with Crippen molar-refractivity contribution < 1.29 is 0 Å². The largest absolute Gasteiger partial charge is 0.398 e. The average Bonchev–Trinajstić information content (AvgIpc) is 2.28. The highest BCUT2D eigenvalue weighted by molar-refractivity contribution is 5.96. The Hall–Kier alpha value is -2.02. The topological polar surface area (TPSA) is 26.0 Å². The molecule has 0 bridgehead atoms. The van der Waals surface area contributed by atoms with E-state index >= 15 is 0 Å². The Labute approximate surface area is 89.5 Å². The van der Waals surface area contributed by atoms with E-state index in [4.69, 9.17) is 5.73 Å². The monoisotopic (exact) mass is 195 g/mol. The summed E-state index contributed by atoms with van der Waals surface area (Å²) in [6.07, 6.45) is 3.62. The zero-order valence-electron chi connectivity index (χ0n) is 8.53. The fraction of sp³-hybridized carbons (Fsp3) is 0. The normalized spacial score (nSPS) is 10.1. The van der Waals surface area contributed by atoms with Gasteiger partial charge in [0.2, 0.25) is 0 Å². The summed E-state index contributed by atoms with van der Waals surface area (Å²) in [6.45, 7) is 7.48. The van der Waals surface area contributed by atoms with Crippen LogP contribution in [0.15, 0.2) is 43.5 Å². The number of nitrogens with two attached hydrogens (primary N) is 1. The molecule has 2 aromatic carbocycles. The number of nitrogen functional groups attached to an aromatic ring is 1. The number of hydrogen-bond donors (Lipinski definition) is 1. The summed E-state index contributed by atoms with van der Waals surface area (Å²) >= 11 is 0. The molecule has 0 radical (unpaired) electrons. The molecule has 2 rings (SSSR count). The zero-order chi connectivity index (χ0) is 10.8. The minimum absolute atomic E-state index is 0.783. The second kappa shape index (κ2) is 3.62. The van der Waals surface area contributed by atoms with Gasteiger partial charge in [0, 0.05) is 11.1 Å². The third-order valence-electron chi connectivity index (χ3n) is 2.50. The van der Waals surface area contributed by atoms with E-state index in [2.05, 4.69) is 25.3 Å². The molecule has 0 aromatic heterocycles. The molecule has 1 nitrogen and oxygen atoms in total. The first-order valence-electron chi connectivity index (χ1n) is 4.83. The fourth-order valence-electron chi connectivity index (χ4n) is 1.67. The maximum absolute atomic E-state index is 5.97. The van der Waals surface area contributed by atoms with Crippen LogP contribution in [-0.4, -0.2) is 0 Å². The minimum Gasteiger partial charge on any atom is -0.398 e. The van der Waals surface area contributed by atoms with E-state index < -0.39 is 0 Å². The molecule has 0 aliphatic rings. The molecule has 0 fully saturated rings. The molecule has 74 valence electrons. The molecular weight excluding hydrogens is 182 g/mol. The van der Waals surface area contributed by atoms with Gasteiger partial charge in [-0.25, -0.2) is 0 Å². The van der Waals surface area contributed by atoms with Crippen LogP contribution in [0.3, 0.4) is 0 Å². The first-order valence-corrected chi connectivity index (χ1v) is 4.83. The van der Waals surface area contributed by atoms with Crippen molar-refractivity contribution >= 4 is 28.6 Å². The highest BCUT2D eigenvalue weighted by Gasteiger charge is 2.00. The van der Waals surface area contributed by atoms with E-state index in [1.165, 1.54) is 0 Å². The molecule has 0 amide bonds. The molecule has 0 unspecified atom stereocenters. The maximum atomic E-state index is 5.97. The Bertz CT molecular complexity index is 538. The summed E-state index contributed by atoms with van der Waals surface area (Å²) in [7, 11) is 0. The smallest absolute Gasteiger partial charge is 0.0399 e. The summed E-state index contributed by atoms with van der Waals surface area (Å²) in [5.41, 5.74) is 8.89. The molecule has 1 heteroatoms. The summed E-state index contributed by atoms with van der Waals surface area (Å²) in [5, 5.41) is 2.20. The summed E-state index contributed by atoms with van der Waals surface area (Å²) < 4.78 is 0. The van der Waals surface area contributed by atoms with Crippen LogP contribution in [0.2, 0.25) is 0 Å². The minimum atomic E-state index is 0.783. The number of benzene rings is 2. The molecule has 0 aliphatic carbocycles. The number of anilines is 1. The van der Waals surface area contributed by atoms with Crippen molar-refractivity contribution in [3.05, 3.63) is 54.6 Å². The first kappa shape index (κ1) is 9.53. The Morgan fingerprint density at radius 2 is 1.67 bits per heavy atom. The molecule has 15 heavy (non-hydrogen) atoms. The third-order valence-corrected chi connectivity index (χ3v) is 2.50. The van der Waals surface area contributed by atoms with E-state index in [1.807, 2.05) is 24.3 Å². The molecule has 0 atom stereocenters. The number of fused-ring (bicyclic) bond motifs is 1. The first-order chi connectivity index (χ1) is 7.24. The molecular formula is C14H13N. The quantitative estimate of drug-likeness (QED) is 0.726. The lowest BCUT2D eigenvalue weighted by atomic mass is 10.0. The van der Waals surface area contributed by atoms with Crippen LogP contribution in [0, 0.1) is 0 Å². The van der Waals surface area contributed by atoms with Gasteiger partial charge < -0.3 is 5.73 Å². The van der Waals surface area contributed by atoms with E-state index in [9.17, 15) is 0 Å². The zero-order valence-corrected chi connectivity index (χ0v) is 8.53. The number of hydrogen-bond acceptors (Lipinski definition) is 1. The molecule has 0 spiro atoms. The highest BCUT2D eigenvalue weighted by Crippen LogP contribution is 2.25. The Morgan fingerprint density at radius 3 is 2.33 bits per heavy atom. The maximum Gasteiger partial charge on any atom is 0.0399 e. The van der Waals surface area contributed by atoms with E-state index in [-0.39, 0.29) is 0 Å². The van der Waals surface area contributed by atoms with Crippen LogP contribution >= 0.6 is 0 Å². The van der Waals surface area contributed by atoms with Gasteiger partial charge in [0.05, 0.1) is 0 Å². The van der Waals surface area contributed by atoms with Gasteiger partial charge in [0.1, 0.15) is 0 Å². The van der Waals surface area contributed by atoms with Crippen LogP contribution in [0.5, 0.6) is 0 Å². The lowest BCUT2D eigenvalue weighted by molar-refractivity contribution is 1.67. The Morgan fingerprint density at radius 1 is 0.933 bits per heavy atom. The molecule has 2 aromatic rings. The van der Waals surface area contributed by atoms with Crippen molar-refractivity contribution in [1.82, 2.24) is 0 Å². The Balaban J connectivity index is 2.78. The van der Waals surface area contributed by atoms with E-state index in [1.54, 1.807) is 6.08 Å². The van der Waals surface area contributed by atoms with Gasteiger partial charge in [-0.1, -0.05) is 37.4 Å². The van der Waals surface area contributed by atoms with Crippen molar-refractivity contribution in [2.24, 2.45) is 0 Å². The molecule has 0 heterocycles. The predicted molar refractivity (Wildman–Crippen MR) is 68.5 cm³/mol. The van der Waals surface area contributed by atoms with Gasteiger partial charge in [-0.05, 0) is 34.7 Å². The fourth-order valence-corrected chi connectivity index (χ4v) is 1.67. The lowest BCUT2D eigenvalue weighted by Gasteiger charge is -2.05. The molecule has 0 saturated heterocycles. The van der Waals surface area contributed by atoms with Crippen LogP contribution in [-0.2, 0) is 0 Å². The van der Waals surface area contributed by atoms with E-state index in [0.717, 1.165) is 27.6 Å². The van der Waals surface area contributed by atoms with Gasteiger partial charge in [0.25, 0.3) is 0 Å². The summed E-state index contributed by atoms with van der Waals surface area (Å²) in [5.74, 6) is 0. The second-order valence-electron chi connectivity index (χ2n) is 3.50. The summed E-state index contributed by atoms with van der Waals surface area (Å²) in [6, 6.07) is 10.1. The van der Waals surface area contributed by atoms with Crippen molar-refractivity contribution in [2.45, 2.75) is 0 Å². The van der Waals surface area contributed by atoms with Gasteiger partial charge >= 0.3 is 0 Å². The number of rotatable bonds is 2. The predicted octanol–water partition coefficient (Wildman–Crippen LogP) is 3.71. The van der Waals surface area contributed by atoms with Crippen molar-refractivity contribution in [3.8, 4) is 0 Å². The second-order valence-corrected chi connectivity index (χ2v) is 3.50. The van der Waals surface area contributed by atoms with E-state index in [0.29, 0.717) is 0 Å². The SMILES string of the molecule is C=Cc1cc(N)c2cc(C=C)ccc2c1. The van der Waals surface area contributed by atoms with Crippen LogP contribution in [0.1, 0.15) is 11.1 Å². The molecule has 0 saturated carbocycles.